The molecule has 1 aromatic carbocycles. The minimum Gasteiger partial charge on any atom is -0.469 e. The van der Waals surface area contributed by atoms with Crippen LogP contribution in [0.15, 0.2) is 18.2 Å². The first-order valence-corrected chi connectivity index (χ1v) is 6.15. The van der Waals surface area contributed by atoms with Crippen LogP contribution < -0.4 is 0 Å². The normalized spacial score (nSPS) is 16.8. The molecule has 0 saturated heterocycles. The SMILES string of the molecule is COC(=O)CCCN1C(=O)c2ccc(F)cc2C1C#N. The summed E-state index contributed by atoms with van der Waals surface area (Å²) in [4.78, 5) is 24.6. The number of carbonyl (C=O) groups excluding carboxylic acids is 2. The minimum atomic E-state index is -0.800. The molecule has 0 fully saturated rings. The van der Waals surface area contributed by atoms with Gasteiger partial charge in [0, 0.05) is 24.1 Å². The lowest BCUT2D eigenvalue weighted by molar-refractivity contribution is -0.140. The van der Waals surface area contributed by atoms with Crippen LogP contribution in [-0.4, -0.2) is 30.4 Å². The van der Waals surface area contributed by atoms with E-state index in [9.17, 15) is 19.2 Å². The van der Waals surface area contributed by atoms with Gasteiger partial charge in [0.15, 0.2) is 0 Å². The summed E-state index contributed by atoms with van der Waals surface area (Å²) in [5.74, 6) is -1.15. The topological polar surface area (TPSA) is 70.4 Å². The van der Waals surface area contributed by atoms with E-state index in [2.05, 4.69) is 4.74 Å². The zero-order chi connectivity index (χ0) is 14.7. The zero-order valence-electron chi connectivity index (χ0n) is 10.9. The summed E-state index contributed by atoms with van der Waals surface area (Å²) in [5.41, 5.74) is 0.728. The van der Waals surface area contributed by atoms with Crippen molar-refractivity contribution in [3.05, 3.63) is 35.1 Å². The van der Waals surface area contributed by atoms with Crippen LogP contribution in [0.2, 0.25) is 0 Å². The number of ether oxygens (including phenoxy) is 1. The molecule has 5 nitrogen and oxygen atoms in total. The maximum atomic E-state index is 13.2. The molecule has 0 spiro atoms. The van der Waals surface area contributed by atoms with E-state index >= 15 is 0 Å². The molecule has 1 aliphatic rings. The van der Waals surface area contributed by atoms with Gasteiger partial charge in [0.05, 0.1) is 13.2 Å². The smallest absolute Gasteiger partial charge is 0.305 e. The summed E-state index contributed by atoms with van der Waals surface area (Å²) in [5, 5.41) is 9.19. The lowest BCUT2D eigenvalue weighted by Crippen LogP contribution is -2.28. The summed E-state index contributed by atoms with van der Waals surface area (Å²) in [6.45, 7) is 0.252. The van der Waals surface area contributed by atoms with Crippen molar-refractivity contribution in [1.29, 1.82) is 5.26 Å². The van der Waals surface area contributed by atoms with Gasteiger partial charge in [-0.15, -0.1) is 0 Å². The Morgan fingerprint density at radius 2 is 2.30 bits per heavy atom. The van der Waals surface area contributed by atoms with Crippen LogP contribution in [0.25, 0.3) is 0 Å². The molecule has 104 valence electrons. The van der Waals surface area contributed by atoms with Gasteiger partial charge in [-0.2, -0.15) is 5.26 Å². The molecule has 1 aliphatic heterocycles. The Hall–Kier alpha value is -2.42. The van der Waals surface area contributed by atoms with Crippen molar-refractivity contribution < 1.29 is 18.7 Å². The summed E-state index contributed by atoms with van der Waals surface area (Å²) in [6, 6.07) is 5.00. The van der Waals surface area contributed by atoms with Gasteiger partial charge in [-0.1, -0.05) is 0 Å². The summed E-state index contributed by atoms with van der Waals surface area (Å²) in [7, 11) is 1.29. The highest BCUT2D eigenvalue weighted by atomic mass is 19.1. The molecule has 2 rings (SSSR count). The maximum absolute atomic E-state index is 13.2. The molecule has 1 unspecified atom stereocenters. The number of nitrogens with zero attached hydrogens (tertiary/aromatic N) is 2. The van der Waals surface area contributed by atoms with E-state index in [0.29, 0.717) is 17.5 Å². The molecule has 1 aromatic rings. The quantitative estimate of drug-likeness (QED) is 0.786. The van der Waals surface area contributed by atoms with Crippen LogP contribution in [0.1, 0.15) is 34.8 Å². The Balaban J connectivity index is 2.14. The van der Waals surface area contributed by atoms with Crippen LogP contribution in [0.5, 0.6) is 0 Å². The van der Waals surface area contributed by atoms with Gasteiger partial charge in [-0.05, 0) is 24.6 Å². The van der Waals surface area contributed by atoms with Crippen molar-refractivity contribution in [2.75, 3.05) is 13.7 Å². The number of rotatable bonds is 4. The average molecular weight is 276 g/mol. The maximum Gasteiger partial charge on any atom is 0.305 e. The highest BCUT2D eigenvalue weighted by molar-refractivity contribution is 5.99. The van der Waals surface area contributed by atoms with Crippen LogP contribution in [0, 0.1) is 17.1 Å². The first kappa shape index (κ1) is 14.0. The molecule has 1 atom stereocenters. The summed E-state index contributed by atoms with van der Waals surface area (Å²) < 4.78 is 17.7. The molecule has 0 saturated carbocycles. The highest BCUT2D eigenvalue weighted by Gasteiger charge is 2.36. The fourth-order valence-electron chi connectivity index (χ4n) is 2.26. The molecule has 0 aromatic heterocycles. The predicted octanol–water partition coefficient (Wildman–Crippen LogP) is 1.80. The van der Waals surface area contributed by atoms with E-state index in [1.165, 1.54) is 30.2 Å². The number of methoxy groups -OCH3 is 1. The number of halogens is 1. The molecule has 0 bridgehead atoms. The van der Waals surface area contributed by atoms with Gasteiger partial charge in [-0.3, -0.25) is 9.59 Å². The van der Waals surface area contributed by atoms with E-state index in [-0.39, 0.29) is 24.8 Å². The third-order valence-electron chi connectivity index (χ3n) is 3.24. The van der Waals surface area contributed by atoms with E-state index in [0.717, 1.165) is 0 Å². The van der Waals surface area contributed by atoms with E-state index in [4.69, 9.17) is 0 Å². The number of hydrogen-bond acceptors (Lipinski definition) is 4. The number of esters is 1. The van der Waals surface area contributed by atoms with Crippen molar-refractivity contribution in [2.24, 2.45) is 0 Å². The second kappa shape index (κ2) is 5.70. The Bertz CT molecular complexity index is 595. The molecule has 0 aliphatic carbocycles. The fraction of sp³-hybridized carbons (Fsp3) is 0.357. The number of hydrogen-bond donors (Lipinski definition) is 0. The highest BCUT2D eigenvalue weighted by Crippen LogP contribution is 2.33. The molecule has 1 amide bonds. The third-order valence-corrected chi connectivity index (χ3v) is 3.24. The zero-order valence-corrected chi connectivity index (χ0v) is 10.9. The van der Waals surface area contributed by atoms with Gasteiger partial charge in [0.1, 0.15) is 11.9 Å². The average Bonchev–Trinajstić information content (AvgIpc) is 2.70. The van der Waals surface area contributed by atoms with E-state index in [1.807, 2.05) is 6.07 Å². The molecular formula is C14H13FN2O3. The standard InChI is InChI=1S/C14H13FN2O3/c1-20-13(18)3-2-6-17-12(8-16)11-7-9(15)4-5-10(11)14(17)19/h4-5,7,12H,2-3,6H2,1H3. The summed E-state index contributed by atoms with van der Waals surface area (Å²) in [6.07, 6.45) is 0.566. The van der Waals surface area contributed by atoms with Crippen molar-refractivity contribution in [3.8, 4) is 6.07 Å². The number of benzene rings is 1. The third kappa shape index (κ3) is 2.48. The lowest BCUT2D eigenvalue weighted by atomic mass is 10.1. The Kier molecular flexibility index (Phi) is 3.99. The van der Waals surface area contributed by atoms with Gasteiger partial charge in [0.25, 0.3) is 5.91 Å². The number of amides is 1. The van der Waals surface area contributed by atoms with Gasteiger partial charge >= 0.3 is 5.97 Å². The van der Waals surface area contributed by atoms with Gasteiger partial charge < -0.3 is 9.64 Å². The van der Waals surface area contributed by atoms with Crippen LogP contribution >= 0.6 is 0 Å². The molecule has 6 heteroatoms. The number of fused-ring (bicyclic) bond motifs is 1. The second-order valence-electron chi connectivity index (χ2n) is 4.44. The van der Waals surface area contributed by atoms with Crippen molar-refractivity contribution in [3.63, 3.8) is 0 Å². The molecule has 1 heterocycles. The minimum absolute atomic E-state index is 0.170. The molecule has 0 N–H and O–H groups in total. The molecular weight excluding hydrogens is 263 g/mol. The van der Waals surface area contributed by atoms with Crippen molar-refractivity contribution in [2.45, 2.75) is 18.9 Å². The number of nitriles is 1. The van der Waals surface area contributed by atoms with Crippen LogP contribution in [0.4, 0.5) is 4.39 Å². The first-order valence-electron chi connectivity index (χ1n) is 6.15. The van der Waals surface area contributed by atoms with Crippen molar-refractivity contribution in [1.82, 2.24) is 4.90 Å². The van der Waals surface area contributed by atoms with Gasteiger partial charge in [0.2, 0.25) is 0 Å². The predicted molar refractivity (Wildman–Crippen MR) is 67.0 cm³/mol. The van der Waals surface area contributed by atoms with Crippen molar-refractivity contribution >= 4 is 11.9 Å². The number of carbonyl (C=O) groups is 2. The van der Waals surface area contributed by atoms with Gasteiger partial charge in [-0.25, -0.2) is 4.39 Å². The largest absolute Gasteiger partial charge is 0.469 e. The van der Waals surface area contributed by atoms with E-state index in [1.54, 1.807) is 0 Å². The Morgan fingerprint density at radius 1 is 1.55 bits per heavy atom. The monoisotopic (exact) mass is 276 g/mol. The summed E-state index contributed by atoms with van der Waals surface area (Å²) >= 11 is 0. The second-order valence-corrected chi connectivity index (χ2v) is 4.44. The lowest BCUT2D eigenvalue weighted by Gasteiger charge is -2.19. The fourth-order valence-corrected chi connectivity index (χ4v) is 2.26. The first-order chi connectivity index (χ1) is 9.58. The Labute approximate surface area is 115 Å². The van der Waals surface area contributed by atoms with Crippen LogP contribution in [-0.2, 0) is 9.53 Å². The molecule has 0 radical (unpaired) electrons. The van der Waals surface area contributed by atoms with E-state index < -0.39 is 11.9 Å². The molecule has 20 heavy (non-hydrogen) atoms. The Morgan fingerprint density at radius 3 is 2.95 bits per heavy atom. The van der Waals surface area contributed by atoms with Crippen LogP contribution in [0.3, 0.4) is 0 Å².